The fraction of sp³-hybridized carbons (Fsp3) is 0.917. The third-order valence-electron chi connectivity index (χ3n) is 3.66. The van der Waals surface area contributed by atoms with E-state index in [1.165, 1.54) is 0 Å². The molecule has 19 heteroatoms. The highest BCUT2D eigenvalue weighted by Gasteiger charge is 2.95. The SMILES string of the molecule is COC(=O)CCC(F)(F)C(F)(F)C(F)(F)C(F)(F)C(F)(F)C(F)(F)C(F)(F)C(F)(F)F. The maximum atomic E-state index is 13.4. The second kappa shape index (κ2) is 7.70. The van der Waals surface area contributed by atoms with Gasteiger partial charge in [0.05, 0.1) is 13.5 Å². The second-order valence-electron chi connectivity index (χ2n) is 5.72. The zero-order valence-corrected chi connectivity index (χ0v) is 14.2. The first-order valence-electron chi connectivity index (χ1n) is 6.99. The van der Waals surface area contributed by atoms with E-state index in [9.17, 15) is 79.4 Å². The summed E-state index contributed by atoms with van der Waals surface area (Å²) in [5.41, 5.74) is 0. The second-order valence-corrected chi connectivity index (χ2v) is 5.72. The summed E-state index contributed by atoms with van der Waals surface area (Å²) in [4.78, 5) is 10.6. The summed E-state index contributed by atoms with van der Waals surface area (Å²) >= 11 is 0. The minimum absolute atomic E-state index is 0.435. The van der Waals surface area contributed by atoms with Gasteiger partial charge in [0.15, 0.2) is 0 Å². The van der Waals surface area contributed by atoms with Crippen LogP contribution in [0.4, 0.5) is 74.6 Å². The molecule has 0 saturated heterocycles. The standard InChI is InChI=1S/C12H7F17O2/c1-31-4(30)2-3-5(13,14)6(15,16)7(17,18)8(19,20)9(21,22)10(23,24)11(25,26)12(27,28)29/h2-3H2,1H3. The molecule has 0 atom stereocenters. The molecule has 0 fully saturated rings. The summed E-state index contributed by atoms with van der Waals surface area (Å²) < 4.78 is 223. The molecule has 0 aliphatic heterocycles. The Morgan fingerprint density at radius 2 is 0.839 bits per heavy atom. The van der Waals surface area contributed by atoms with E-state index < -0.39 is 66.4 Å². The Hall–Kier alpha value is -1.72. The first-order valence-corrected chi connectivity index (χ1v) is 6.99. The number of alkyl halides is 17. The fourth-order valence-electron chi connectivity index (χ4n) is 1.71. The van der Waals surface area contributed by atoms with Crippen molar-refractivity contribution in [3.63, 3.8) is 0 Å². The number of methoxy groups -OCH3 is 1. The minimum atomic E-state index is -8.66. The largest absolute Gasteiger partial charge is 0.469 e. The summed E-state index contributed by atoms with van der Waals surface area (Å²) in [7, 11) is 0.435. The molecule has 186 valence electrons. The fourth-order valence-corrected chi connectivity index (χ4v) is 1.71. The molecule has 0 aromatic carbocycles. The lowest BCUT2D eigenvalue weighted by molar-refractivity contribution is -0.461. The highest BCUT2D eigenvalue weighted by Crippen LogP contribution is 2.64. The number of carbonyl (C=O) groups is 1. The Balaban J connectivity index is 6.53. The van der Waals surface area contributed by atoms with Crippen LogP contribution in [0.3, 0.4) is 0 Å². The molecule has 0 spiro atoms. The Morgan fingerprint density at radius 1 is 0.548 bits per heavy atom. The number of carbonyl (C=O) groups excluding carboxylic acids is 1. The molecule has 0 N–H and O–H groups in total. The van der Waals surface area contributed by atoms with Gasteiger partial charge in [-0.2, -0.15) is 74.6 Å². The summed E-state index contributed by atoms with van der Waals surface area (Å²) in [5, 5.41) is 0. The van der Waals surface area contributed by atoms with Crippen LogP contribution in [0.2, 0.25) is 0 Å². The van der Waals surface area contributed by atoms with E-state index in [-0.39, 0.29) is 0 Å². The lowest BCUT2D eigenvalue weighted by Crippen LogP contribution is -2.74. The maximum absolute atomic E-state index is 13.4. The topological polar surface area (TPSA) is 26.3 Å². The van der Waals surface area contributed by atoms with Crippen molar-refractivity contribution in [2.24, 2.45) is 0 Å². The summed E-state index contributed by atoms with van der Waals surface area (Å²) in [6, 6.07) is 0. The molecule has 31 heavy (non-hydrogen) atoms. The van der Waals surface area contributed by atoms with Gasteiger partial charge in [0.1, 0.15) is 0 Å². The van der Waals surface area contributed by atoms with Gasteiger partial charge >= 0.3 is 53.6 Å². The van der Waals surface area contributed by atoms with Gasteiger partial charge in [-0.1, -0.05) is 0 Å². The zero-order chi connectivity index (χ0) is 25.7. The van der Waals surface area contributed by atoms with Crippen LogP contribution in [-0.4, -0.2) is 60.7 Å². The number of ether oxygens (including phenoxy) is 1. The van der Waals surface area contributed by atoms with Gasteiger partial charge in [-0.15, -0.1) is 0 Å². The van der Waals surface area contributed by atoms with Crippen molar-refractivity contribution >= 4 is 5.97 Å². The number of esters is 1. The van der Waals surface area contributed by atoms with Crippen molar-refractivity contribution in [1.82, 2.24) is 0 Å². The molecule has 0 rings (SSSR count). The van der Waals surface area contributed by atoms with Gasteiger partial charge in [-0.3, -0.25) is 4.79 Å². The molecule has 0 aliphatic rings. The number of hydrogen-bond donors (Lipinski definition) is 0. The number of hydrogen-bond acceptors (Lipinski definition) is 2. The van der Waals surface area contributed by atoms with Crippen molar-refractivity contribution < 1.29 is 84.2 Å². The smallest absolute Gasteiger partial charge is 0.460 e. The first-order chi connectivity index (χ1) is 13.2. The lowest BCUT2D eigenvalue weighted by atomic mass is 9.88. The van der Waals surface area contributed by atoms with Crippen molar-refractivity contribution in [2.75, 3.05) is 7.11 Å². The molecule has 0 aromatic rings. The van der Waals surface area contributed by atoms with Gasteiger partial charge in [0.25, 0.3) is 0 Å². The van der Waals surface area contributed by atoms with Crippen LogP contribution < -0.4 is 0 Å². The Morgan fingerprint density at radius 3 is 1.13 bits per heavy atom. The Kier molecular flexibility index (Phi) is 7.27. The monoisotopic (exact) mass is 506 g/mol. The highest BCUT2D eigenvalue weighted by atomic mass is 19.4. The number of rotatable bonds is 9. The van der Waals surface area contributed by atoms with E-state index in [4.69, 9.17) is 0 Å². The summed E-state index contributed by atoms with van der Waals surface area (Å²) in [5.74, 6) is -58.6. The minimum Gasteiger partial charge on any atom is -0.469 e. The summed E-state index contributed by atoms with van der Waals surface area (Å²) in [6.45, 7) is 0. The number of halogens is 17. The summed E-state index contributed by atoms with van der Waals surface area (Å²) in [6.07, 6.45) is -12.6. The van der Waals surface area contributed by atoms with Crippen LogP contribution >= 0.6 is 0 Å². The third kappa shape index (κ3) is 4.07. The van der Waals surface area contributed by atoms with E-state index in [0.717, 1.165) is 0 Å². The Bertz CT molecular complexity index is 663. The van der Waals surface area contributed by atoms with E-state index >= 15 is 0 Å². The predicted octanol–water partition coefficient (Wildman–Crippen LogP) is 5.95. The molecular weight excluding hydrogens is 499 g/mol. The zero-order valence-electron chi connectivity index (χ0n) is 14.2. The van der Waals surface area contributed by atoms with Crippen LogP contribution in [0.15, 0.2) is 0 Å². The molecule has 0 aromatic heterocycles. The van der Waals surface area contributed by atoms with E-state index in [1.54, 1.807) is 0 Å². The maximum Gasteiger partial charge on any atom is 0.460 e. The third-order valence-corrected chi connectivity index (χ3v) is 3.66. The van der Waals surface area contributed by atoms with Crippen molar-refractivity contribution in [3.8, 4) is 0 Å². The quantitative estimate of drug-likeness (QED) is 0.286. The highest BCUT2D eigenvalue weighted by molar-refractivity contribution is 5.69. The van der Waals surface area contributed by atoms with Gasteiger partial charge in [0.2, 0.25) is 0 Å². The average Bonchev–Trinajstić information content (AvgIpc) is 2.57. The molecule has 0 saturated carbocycles. The van der Waals surface area contributed by atoms with E-state index in [1.807, 2.05) is 0 Å². The molecular formula is C12H7F17O2. The first kappa shape index (κ1) is 29.3. The molecule has 0 heterocycles. The van der Waals surface area contributed by atoms with Crippen molar-refractivity contribution in [2.45, 2.75) is 60.5 Å². The predicted molar refractivity (Wildman–Crippen MR) is 61.9 cm³/mol. The van der Waals surface area contributed by atoms with Crippen molar-refractivity contribution in [1.29, 1.82) is 0 Å². The molecule has 0 amide bonds. The van der Waals surface area contributed by atoms with Gasteiger partial charge < -0.3 is 4.74 Å². The van der Waals surface area contributed by atoms with Gasteiger partial charge in [0, 0.05) is 6.42 Å². The van der Waals surface area contributed by atoms with E-state index in [0.29, 0.717) is 7.11 Å². The van der Waals surface area contributed by atoms with E-state index in [2.05, 4.69) is 4.74 Å². The van der Waals surface area contributed by atoms with Crippen LogP contribution in [0.5, 0.6) is 0 Å². The molecule has 0 radical (unpaired) electrons. The van der Waals surface area contributed by atoms with Gasteiger partial charge in [-0.05, 0) is 0 Å². The van der Waals surface area contributed by atoms with Crippen LogP contribution in [-0.2, 0) is 9.53 Å². The molecule has 0 unspecified atom stereocenters. The van der Waals surface area contributed by atoms with Gasteiger partial charge in [-0.25, -0.2) is 0 Å². The Labute approximate surface area is 159 Å². The van der Waals surface area contributed by atoms with Crippen LogP contribution in [0, 0.1) is 0 Å². The van der Waals surface area contributed by atoms with Crippen LogP contribution in [0.25, 0.3) is 0 Å². The molecule has 2 nitrogen and oxygen atoms in total. The molecule has 0 bridgehead atoms. The average molecular weight is 506 g/mol. The lowest BCUT2D eigenvalue weighted by Gasteiger charge is -2.42. The van der Waals surface area contributed by atoms with Crippen molar-refractivity contribution in [3.05, 3.63) is 0 Å². The molecule has 0 aliphatic carbocycles. The van der Waals surface area contributed by atoms with Crippen LogP contribution in [0.1, 0.15) is 12.8 Å². The normalized spacial score (nSPS) is 15.8.